The largest absolute Gasteiger partial charge is 0.480 e. The molecule has 0 aliphatic rings. The summed E-state index contributed by atoms with van der Waals surface area (Å²) >= 11 is 0. The van der Waals surface area contributed by atoms with E-state index in [1.165, 1.54) is 28.3 Å². The van der Waals surface area contributed by atoms with Crippen molar-refractivity contribution in [3.63, 3.8) is 0 Å². The van der Waals surface area contributed by atoms with E-state index in [0.717, 1.165) is 19.3 Å². The summed E-state index contributed by atoms with van der Waals surface area (Å²) in [6.45, 7) is 0.161. The molecule has 0 bridgehead atoms. The van der Waals surface area contributed by atoms with Gasteiger partial charge in [-0.05, 0) is 49.1 Å². The number of carbonyl (C=O) groups is 1. The number of unbranched alkanes of at least 4 members (excludes halogenated alkanes) is 2. The van der Waals surface area contributed by atoms with Gasteiger partial charge in [0.05, 0.1) is 12.2 Å². The van der Waals surface area contributed by atoms with Crippen LogP contribution in [-0.2, 0) is 27.8 Å². The lowest BCUT2D eigenvalue weighted by atomic mass is 10.1. The molecule has 34 heavy (non-hydrogen) atoms. The van der Waals surface area contributed by atoms with Gasteiger partial charge in [-0.25, -0.2) is 13.4 Å². The number of nitrogens with zero attached hydrogens (tertiary/aromatic N) is 3. The first-order chi connectivity index (χ1) is 15.9. The van der Waals surface area contributed by atoms with E-state index in [0.29, 0.717) is 24.5 Å². The Morgan fingerprint density at radius 1 is 0.971 bits per heavy atom. The zero-order chi connectivity index (χ0) is 23.5. The molecule has 3 aromatic rings. The number of rotatable bonds is 13. The van der Waals surface area contributed by atoms with Crippen LogP contribution < -0.4 is 5.32 Å². The number of carboxylic acid groups (broad SMARTS) is 1. The molecule has 0 saturated heterocycles. The summed E-state index contributed by atoms with van der Waals surface area (Å²) in [4.78, 5) is 19.3. The molecule has 0 unspecified atom stereocenters. The third kappa shape index (κ3) is 8.40. The number of halogens is 1. The first-order valence-corrected chi connectivity index (χ1v) is 12.2. The van der Waals surface area contributed by atoms with E-state index < -0.39 is 16.0 Å². The second-order valence-corrected chi connectivity index (χ2v) is 9.52. The number of nitrogens with one attached hydrogen (secondary N) is 1. The predicted octanol–water partition coefficient (Wildman–Crippen LogP) is 4.00. The fourth-order valence-corrected chi connectivity index (χ4v) is 4.80. The SMILES string of the molecule is Cl.O=C(O)CNc1cccc(CN(CCCCCc2ccccc2)S(=O)(=O)c2cccnc2)n1. The lowest BCUT2D eigenvalue weighted by Gasteiger charge is -2.22. The van der Waals surface area contributed by atoms with Crippen LogP contribution in [-0.4, -0.2) is 46.9 Å². The summed E-state index contributed by atoms with van der Waals surface area (Å²) in [6, 6.07) is 18.4. The predicted molar refractivity (Wildman–Crippen MR) is 133 cm³/mol. The molecule has 0 fully saturated rings. The normalized spacial score (nSPS) is 11.1. The quantitative estimate of drug-likeness (QED) is 0.338. The van der Waals surface area contributed by atoms with Crippen LogP contribution in [0.4, 0.5) is 5.82 Å². The standard InChI is InChI=1S/C24H28N4O4S.ClH/c29-24(30)18-26-23-14-7-12-21(27-23)19-28(33(31,32)22-13-8-15-25-17-22)16-6-2-5-11-20-9-3-1-4-10-20;/h1,3-4,7-10,12-15,17H,2,5-6,11,16,18-19H2,(H,26,27)(H,29,30);1H. The van der Waals surface area contributed by atoms with Gasteiger partial charge in [0.1, 0.15) is 17.3 Å². The van der Waals surface area contributed by atoms with Gasteiger partial charge in [0.15, 0.2) is 0 Å². The van der Waals surface area contributed by atoms with Crippen LogP contribution in [0.5, 0.6) is 0 Å². The van der Waals surface area contributed by atoms with Crippen LogP contribution in [0.3, 0.4) is 0 Å². The maximum atomic E-state index is 13.3. The summed E-state index contributed by atoms with van der Waals surface area (Å²) in [5, 5.41) is 11.6. The van der Waals surface area contributed by atoms with E-state index in [9.17, 15) is 13.2 Å². The fraction of sp³-hybridized carbons (Fsp3) is 0.292. The van der Waals surface area contributed by atoms with Crippen LogP contribution in [0.2, 0.25) is 0 Å². The Bertz CT molecular complexity index is 1130. The van der Waals surface area contributed by atoms with Crippen molar-refractivity contribution in [1.29, 1.82) is 0 Å². The number of carboxylic acids is 1. The van der Waals surface area contributed by atoms with Crippen molar-refractivity contribution >= 4 is 34.2 Å². The average molecular weight is 505 g/mol. The molecule has 1 aromatic carbocycles. The Hall–Kier alpha value is -3.01. The first-order valence-electron chi connectivity index (χ1n) is 10.8. The van der Waals surface area contributed by atoms with Gasteiger partial charge in [-0.2, -0.15) is 4.31 Å². The van der Waals surface area contributed by atoms with Crippen LogP contribution in [0.15, 0.2) is 78.0 Å². The molecular formula is C24H29ClN4O4S. The molecule has 0 radical (unpaired) electrons. The molecule has 2 N–H and O–H groups in total. The van der Waals surface area contributed by atoms with Crippen molar-refractivity contribution in [1.82, 2.24) is 14.3 Å². The highest BCUT2D eigenvalue weighted by molar-refractivity contribution is 7.89. The zero-order valence-electron chi connectivity index (χ0n) is 18.7. The third-order valence-electron chi connectivity index (χ3n) is 5.05. The van der Waals surface area contributed by atoms with Crippen molar-refractivity contribution < 1.29 is 18.3 Å². The van der Waals surface area contributed by atoms with Gasteiger partial charge < -0.3 is 10.4 Å². The van der Waals surface area contributed by atoms with E-state index in [2.05, 4.69) is 27.4 Å². The van der Waals surface area contributed by atoms with Crippen LogP contribution >= 0.6 is 12.4 Å². The van der Waals surface area contributed by atoms with Gasteiger partial charge in [-0.1, -0.05) is 42.8 Å². The molecule has 2 heterocycles. The monoisotopic (exact) mass is 504 g/mol. The summed E-state index contributed by atoms with van der Waals surface area (Å²) in [6.07, 6.45) is 6.40. The highest BCUT2D eigenvalue weighted by Crippen LogP contribution is 2.19. The van der Waals surface area contributed by atoms with Crippen LogP contribution in [0.25, 0.3) is 0 Å². The van der Waals surface area contributed by atoms with Crippen molar-refractivity contribution in [3.8, 4) is 0 Å². The summed E-state index contributed by atoms with van der Waals surface area (Å²) in [7, 11) is -3.76. The van der Waals surface area contributed by atoms with Crippen molar-refractivity contribution in [3.05, 3.63) is 84.3 Å². The smallest absolute Gasteiger partial charge is 0.322 e. The molecule has 0 atom stereocenters. The number of pyridine rings is 2. The number of aromatic nitrogens is 2. The molecule has 0 aliphatic carbocycles. The molecule has 8 nitrogen and oxygen atoms in total. The average Bonchev–Trinajstić information content (AvgIpc) is 2.83. The van der Waals surface area contributed by atoms with Gasteiger partial charge in [0, 0.05) is 18.9 Å². The van der Waals surface area contributed by atoms with Crippen LogP contribution in [0, 0.1) is 0 Å². The topological polar surface area (TPSA) is 112 Å². The number of hydrogen-bond acceptors (Lipinski definition) is 6. The Balaban J connectivity index is 0.00000408. The Kier molecular flexibility index (Phi) is 10.9. The molecule has 0 spiro atoms. The highest BCUT2D eigenvalue weighted by atomic mass is 35.5. The number of sulfonamides is 1. The molecule has 2 aromatic heterocycles. The maximum absolute atomic E-state index is 13.3. The first kappa shape index (κ1) is 27.2. The van der Waals surface area contributed by atoms with E-state index in [1.54, 1.807) is 24.3 Å². The second-order valence-electron chi connectivity index (χ2n) is 7.59. The van der Waals surface area contributed by atoms with Crippen LogP contribution in [0.1, 0.15) is 30.5 Å². The van der Waals surface area contributed by atoms with Gasteiger partial charge >= 0.3 is 5.97 Å². The van der Waals surface area contributed by atoms with Gasteiger partial charge in [0.2, 0.25) is 10.0 Å². The Labute approximate surface area is 206 Å². The van der Waals surface area contributed by atoms with E-state index in [4.69, 9.17) is 5.11 Å². The molecule has 0 amide bonds. The molecule has 182 valence electrons. The lowest BCUT2D eigenvalue weighted by Crippen LogP contribution is -2.32. The Morgan fingerprint density at radius 3 is 2.47 bits per heavy atom. The minimum absolute atomic E-state index is 0. The molecular weight excluding hydrogens is 476 g/mol. The Morgan fingerprint density at radius 2 is 1.76 bits per heavy atom. The summed E-state index contributed by atoms with van der Waals surface area (Å²) in [5.74, 6) is -0.616. The van der Waals surface area contributed by atoms with Gasteiger partial charge in [-0.15, -0.1) is 12.4 Å². The van der Waals surface area contributed by atoms with E-state index >= 15 is 0 Å². The number of hydrogen-bond donors (Lipinski definition) is 2. The zero-order valence-corrected chi connectivity index (χ0v) is 20.3. The van der Waals surface area contributed by atoms with E-state index in [1.807, 2.05) is 18.2 Å². The number of aliphatic carboxylic acids is 1. The lowest BCUT2D eigenvalue weighted by molar-refractivity contribution is -0.134. The molecule has 0 saturated carbocycles. The fourth-order valence-electron chi connectivity index (χ4n) is 3.38. The molecule has 10 heteroatoms. The number of anilines is 1. The van der Waals surface area contributed by atoms with Gasteiger partial charge in [0.25, 0.3) is 0 Å². The third-order valence-corrected chi connectivity index (χ3v) is 6.88. The minimum Gasteiger partial charge on any atom is -0.480 e. The van der Waals surface area contributed by atoms with Crippen molar-refractivity contribution in [2.75, 3.05) is 18.4 Å². The number of benzene rings is 1. The maximum Gasteiger partial charge on any atom is 0.322 e. The van der Waals surface area contributed by atoms with Crippen molar-refractivity contribution in [2.24, 2.45) is 0 Å². The second kappa shape index (κ2) is 13.6. The molecule has 3 rings (SSSR count). The summed E-state index contributed by atoms with van der Waals surface area (Å²) in [5.41, 5.74) is 1.80. The number of aryl methyl sites for hydroxylation is 1. The minimum atomic E-state index is -3.76. The highest BCUT2D eigenvalue weighted by Gasteiger charge is 2.25. The van der Waals surface area contributed by atoms with Gasteiger partial charge in [-0.3, -0.25) is 9.78 Å². The van der Waals surface area contributed by atoms with Crippen molar-refractivity contribution in [2.45, 2.75) is 37.1 Å². The summed E-state index contributed by atoms with van der Waals surface area (Å²) < 4.78 is 28.0. The van der Waals surface area contributed by atoms with E-state index in [-0.39, 0.29) is 30.4 Å². The molecule has 0 aliphatic heterocycles.